The van der Waals surface area contributed by atoms with Gasteiger partial charge in [0.1, 0.15) is 12.2 Å². The van der Waals surface area contributed by atoms with E-state index in [2.05, 4.69) is 18.8 Å². The topological polar surface area (TPSA) is 80.1 Å². The second kappa shape index (κ2) is 12.2. The van der Waals surface area contributed by atoms with Crippen molar-refractivity contribution in [1.29, 1.82) is 0 Å². The van der Waals surface area contributed by atoms with Crippen LogP contribution in [-0.4, -0.2) is 72.2 Å². The van der Waals surface area contributed by atoms with Crippen molar-refractivity contribution >= 4 is 28.7 Å². The van der Waals surface area contributed by atoms with Crippen molar-refractivity contribution in [2.45, 2.75) is 52.1 Å². The molecule has 38 heavy (non-hydrogen) atoms. The van der Waals surface area contributed by atoms with Gasteiger partial charge in [0.05, 0.1) is 19.8 Å². The van der Waals surface area contributed by atoms with Crippen molar-refractivity contribution in [1.82, 2.24) is 19.4 Å². The van der Waals surface area contributed by atoms with Crippen molar-refractivity contribution in [3.8, 4) is 11.5 Å². The third kappa shape index (κ3) is 5.71. The van der Waals surface area contributed by atoms with Gasteiger partial charge >= 0.3 is 6.03 Å². The molecule has 1 saturated heterocycles. The van der Waals surface area contributed by atoms with E-state index in [0.29, 0.717) is 31.2 Å². The Morgan fingerprint density at radius 1 is 1.13 bits per heavy atom. The Bertz CT molecular complexity index is 1270. The molecule has 1 aliphatic heterocycles. The number of hydrogen-bond donors (Lipinski definition) is 0. The monoisotopic (exact) mass is 521 g/mol. The van der Waals surface area contributed by atoms with E-state index >= 15 is 0 Å². The lowest BCUT2D eigenvalue weighted by Crippen LogP contribution is -2.50. The fraction of sp³-hybridized carbons (Fsp3) is 0.483. The molecule has 204 valence electrons. The normalized spacial score (nSPS) is 14.6. The van der Waals surface area contributed by atoms with Crippen LogP contribution < -0.4 is 14.4 Å². The molecule has 2 aromatic heterocycles. The van der Waals surface area contributed by atoms with Crippen LogP contribution in [0.25, 0.3) is 11.0 Å². The Labute approximate surface area is 224 Å². The predicted molar refractivity (Wildman–Crippen MR) is 149 cm³/mol. The largest absolute Gasteiger partial charge is 0.493 e. The summed E-state index contributed by atoms with van der Waals surface area (Å²) < 4.78 is 13.4. The Kier molecular flexibility index (Phi) is 8.76. The SMILES string of the molecule is CCCCCOc1cc(N2CCCN([C@@H](C)c3ccnc4c3ccn4CC(=O)N(C)C)C2=O)ccc1OC. The molecule has 0 radical (unpaired) electrons. The van der Waals surface area contributed by atoms with E-state index < -0.39 is 0 Å². The zero-order valence-electron chi connectivity index (χ0n) is 23.1. The summed E-state index contributed by atoms with van der Waals surface area (Å²) >= 11 is 0. The maximum absolute atomic E-state index is 13.8. The Balaban J connectivity index is 1.56. The number of fused-ring (bicyclic) bond motifs is 1. The highest BCUT2D eigenvalue weighted by molar-refractivity contribution is 5.94. The summed E-state index contributed by atoms with van der Waals surface area (Å²) in [6.07, 6.45) is 7.70. The molecule has 0 aliphatic carbocycles. The molecular formula is C29H39N5O4. The quantitative estimate of drug-likeness (QED) is 0.328. The van der Waals surface area contributed by atoms with E-state index in [4.69, 9.17) is 9.47 Å². The van der Waals surface area contributed by atoms with Crippen LogP contribution in [0.15, 0.2) is 42.7 Å². The summed E-state index contributed by atoms with van der Waals surface area (Å²) in [4.78, 5) is 35.9. The number of rotatable bonds is 11. The van der Waals surface area contributed by atoms with Gasteiger partial charge < -0.3 is 23.8 Å². The number of hydrogen-bond acceptors (Lipinski definition) is 5. The number of urea groups is 1. The van der Waals surface area contributed by atoms with Gasteiger partial charge in [0, 0.05) is 56.7 Å². The Morgan fingerprint density at radius 3 is 2.68 bits per heavy atom. The van der Waals surface area contributed by atoms with Crippen LogP contribution in [0.2, 0.25) is 0 Å². The highest BCUT2D eigenvalue weighted by Gasteiger charge is 2.32. The molecule has 1 aromatic carbocycles. The van der Waals surface area contributed by atoms with Gasteiger partial charge in [-0.2, -0.15) is 0 Å². The molecule has 1 aliphatic rings. The molecule has 3 heterocycles. The summed E-state index contributed by atoms with van der Waals surface area (Å²) in [5.41, 5.74) is 2.55. The van der Waals surface area contributed by atoms with Crippen molar-refractivity contribution in [2.75, 3.05) is 45.8 Å². The van der Waals surface area contributed by atoms with Gasteiger partial charge in [0.2, 0.25) is 5.91 Å². The number of likely N-dealkylation sites (N-methyl/N-ethyl adjacent to an activating group) is 1. The summed E-state index contributed by atoms with van der Waals surface area (Å²) in [6, 6.07) is 9.42. The van der Waals surface area contributed by atoms with Crippen LogP contribution >= 0.6 is 0 Å². The lowest BCUT2D eigenvalue weighted by atomic mass is 10.0. The number of methoxy groups -OCH3 is 1. The number of nitrogens with zero attached hydrogens (tertiary/aromatic N) is 5. The predicted octanol–water partition coefficient (Wildman–Crippen LogP) is 5.10. The first-order chi connectivity index (χ1) is 18.3. The Morgan fingerprint density at radius 2 is 1.95 bits per heavy atom. The van der Waals surface area contributed by atoms with E-state index in [1.165, 1.54) is 0 Å². The number of benzene rings is 1. The first-order valence-electron chi connectivity index (χ1n) is 13.4. The fourth-order valence-corrected chi connectivity index (χ4v) is 4.88. The van der Waals surface area contributed by atoms with Gasteiger partial charge in [0.15, 0.2) is 11.5 Å². The molecule has 9 nitrogen and oxygen atoms in total. The van der Waals surface area contributed by atoms with Crippen molar-refractivity contribution in [3.05, 3.63) is 48.3 Å². The van der Waals surface area contributed by atoms with Gasteiger partial charge in [-0.3, -0.25) is 9.69 Å². The van der Waals surface area contributed by atoms with Crippen molar-refractivity contribution < 1.29 is 19.1 Å². The third-order valence-corrected chi connectivity index (χ3v) is 7.14. The maximum atomic E-state index is 13.8. The molecule has 1 fully saturated rings. The highest BCUT2D eigenvalue weighted by Crippen LogP contribution is 2.35. The molecule has 3 aromatic rings. The van der Waals surface area contributed by atoms with Crippen LogP contribution in [0, 0.1) is 0 Å². The lowest BCUT2D eigenvalue weighted by Gasteiger charge is -2.39. The molecule has 0 spiro atoms. The smallest absolute Gasteiger partial charge is 0.324 e. The van der Waals surface area contributed by atoms with Gasteiger partial charge in [-0.15, -0.1) is 0 Å². The summed E-state index contributed by atoms with van der Waals surface area (Å²) in [5.74, 6) is 1.32. The van der Waals surface area contributed by atoms with Crippen molar-refractivity contribution in [2.24, 2.45) is 0 Å². The van der Waals surface area contributed by atoms with Gasteiger partial charge in [-0.1, -0.05) is 19.8 Å². The van der Waals surface area contributed by atoms with Crippen LogP contribution in [0.3, 0.4) is 0 Å². The van der Waals surface area contributed by atoms with Crippen LogP contribution in [0.5, 0.6) is 11.5 Å². The molecule has 4 rings (SSSR count). The van der Waals surface area contributed by atoms with Crippen LogP contribution in [0.1, 0.15) is 51.1 Å². The van der Waals surface area contributed by atoms with Crippen LogP contribution in [-0.2, 0) is 11.3 Å². The standard InChI is InChI=1S/C29H39N5O4/c1-6-7-8-18-38-26-19-22(10-11-25(26)37-5)34-16-9-15-33(29(34)36)21(2)23-12-14-30-28-24(23)13-17-32(28)20-27(35)31(3)4/h10-14,17,19,21H,6-9,15-16,18,20H2,1-5H3/t21-/m0/s1. The summed E-state index contributed by atoms with van der Waals surface area (Å²) in [7, 11) is 5.11. The molecular weight excluding hydrogens is 482 g/mol. The third-order valence-electron chi connectivity index (χ3n) is 7.14. The minimum Gasteiger partial charge on any atom is -0.493 e. The summed E-state index contributed by atoms with van der Waals surface area (Å²) in [5, 5.41) is 0.948. The Hall–Kier alpha value is -3.75. The van der Waals surface area contributed by atoms with E-state index in [9.17, 15) is 9.59 Å². The minimum absolute atomic E-state index is 0.00203. The van der Waals surface area contributed by atoms with E-state index in [1.54, 1.807) is 32.3 Å². The zero-order valence-corrected chi connectivity index (χ0v) is 23.1. The number of carbonyl (C=O) groups is 2. The number of anilines is 1. The first-order valence-corrected chi connectivity index (χ1v) is 13.4. The molecule has 3 amide bonds. The second-order valence-corrected chi connectivity index (χ2v) is 9.92. The average Bonchev–Trinajstić information content (AvgIpc) is 3.33. The fourth-order valence-electron chi connectivity index (χ4n) is 4.88. The van der Waals surface area contributed by atoms with E-state index in [0.717, 1.165) is 48.0 Å². The number of aromatic nitrogens is 2. The number of amides is 3. The average molecular weight is 522 g/mol. The summed E-state index contributed by atoms with van der Waals surface area (Å²) in [6.45, 7) is 6.35. The molecule has 0 saturated carbocycles. The number of pyridine rings is 1. The molecule has 9 heteroatoms. The zero-order chi connectivity index (χ0) is 27.2. The number of ether oxygens (including phenoxy) is 2. The number of carbonyl (C=O) groups excluding carboxylic acids is 2. The second-order valence-electron chi connectivity index (χ2n) is 9.92. The van der Waals surface area contributed by atoms with E-state index in [-0.39, 0.29) is 24.5 Å². The maximum Gasteiger partial charge on any atom is 0.324 e. The highest BCUT2D eigenvalue weighted by atomic mass is 16.5. The number of unbranched alkanes of at least 4 members (excludes halogenated alkanes) is 2. The van der Waals surface area contributed by atoms with Gasteiger partial charge in [0.25, 0.3) is 0 Å². The minimum atomic E-state index is -0.167. The van der Waals surface area contributed by atoms with Gasteiger partial charge in [-0.05, 0) is 49.6 Å². The van der Waals surface area contributed by atoms with Crippen LogP contribution in [0.4, 0.5) is 10.5 Å². The molecule has 0 bridgehead atoms. The van der Waals surface area contributed by atoms with Gasteiger partial charge in [-0.25, -0.2) is 9.78 Å². The molecule has 1 atom stereocenters. The first kappa shape index (κ1) is 27.3. The van der Waals surface area contributed by atoms with E-state index in [1.807, 2.05) is 50.9 Å². The van der Waals surface area contributed by atoms with Crippen molar-refractivity contribution in [3.63, 3.8) is 0 Å². The molecule has 0 N–H and O–H groups in total. The molecule has 0 unspecified atom stereocenters. The lowest BCUT2D eigenvalue weighted by molar-refractivity contribution is -0.129.